The van der Waals surface area contributed by atoms with Gasteiger partial charge in [0.05, 0.1) is 7.14 Å². The summed E-state index contributed by atoms with van der Waals surface area (Å²) in [6, 6.07) is 0.332. The second-order valence-corrected chi connectivity index (χ2v) is 7.21. The number of likely N-dealkylation sites (tertiary alicyclic amines) is 1. The molecule has 4 nitrogen and oxygen atoms in total. The molecule has 1 amide bonds. The number of piperidine rings is 1. The van der Waals surface area contributed by atoms with Gasteiger partial charge in [-0.2, -0.15) is 0 Å². The molecule has 1 aromatic rings. The van der Waals surface area contributed by atoms with Crippen molar-refractivity contribution in [1.29, 1.82) is 0 Å². The number of pyridine rings is 1. The molecular formula is C13H16I2N2O2. The van der Waals surface area contributed by atoms with E-state index in [-0.39, 0.29) is 11.3 Å². The molecule has 0 N–H and O–H groups in total. The molecular weight excluding hydrogens is 470 g/mol. The number of halogens is 2. The van der Waals surface area contributed by atoms with Gasteiger partial charge in [0.2, 0.25) is 11.3 Å². The summed E-state index contributed by atoms with van der Waals surface area (Å²) >= 11 is 4.04. The number of aromatic nitrogens is 1. The lowest BCUT2D eigenvalue weighted by atomic mass is 10.0. The van der Waals surface area contributed by atoms with E-state index in [0.717, 1.165) is 19.4 Å². The molecule has 1 aliphatic heterocycles. The molecule has 0 bridgehead atoms. The Balaban J connectivity index is 2.12. The third kappa shape index (κ3) is 3.71. The van der Waals surface area contributed by atoms with Gasteiger partial charge < -0.3 is 9.47 Å². The van der Waals surface area contributed by atoms with Crippen LogP contribution in [-0.2, 0) is 11.3 Å². The molecule has 2 rings (SSSR count). The van der Waals surface area contributed by atoms with E-state index in [0.29, 0.717) is 19.7 Å². The maximum atomic E-state index is 12.3. The number of rotatable bonds is 2. The molecule has 1 aliphatic rings. The summed E-state index contributed by atoms with van der Waals surface area (Å²) in [5, 5.41) is 0. The fraction of sp³-hybridized carbons (Fsp3) is 0.538. The van der Waals surface area contributed by atoms with Crippen molar-refractivity contribution in [3.05, 3.63) is 29.8 Å². The molecule has 1 atom stereocenters. The zero-order valence-corrected chi connectivity index (χ0v) is 15.0. The first-order valence-electron chi connectivity index (χ1n) is 6.33. The third-order valence-electron chi connectivity index (χ3n) is 3.43. The van der Waals surface area contributed by atoms with E-state index in [9.17, 15) is 9.59 Å². The molecule has 0 saturated carbocycles. The van der Waals surface area contributed by atoms with E-state index in [1.54, 1.807) is 12.4 Å². The van der Waals surface area contributed by atoms with Gasteiger partial charge in [0.15, 0.2) is 0 Å². The minimum Gasteiger partial charge on any atom is -0.343 e. The van der Waals surface area contributed by atoms with Gasteiger partial charge in [0.1, 0.15) is 6.54 Å². The summed E-state index contributed by atoms with van der Waals surface area (Å²) in [5.41, 5.74) is 0.0382. The Kier molecular flexibility index (Phi) is 5.27. The van der Waals surface area contributed by atoms with Crippen LogP contribution in [0.5, 0.6) is 0 Å². The molecule has 0 aliphatic carbocycles. The predicted octanol–water partition coefficient (Wildman–Crippen LogP) is 2.46. The first-order valence-corrected chi connectivity index (χ1v) is 8.49. The molecule has 0 radical (unpaired) electrons. The second-order valence-electron chi connectivity index (χ2n) is 4.89. The highest BCUT2D eigenvalue weighted by Crippen LogP contribution is 2.17. The van der Waals surface area contributed by atoms with Gasteiger partial charge in [-0.25, -0.2) is 0 Å². The quantitative estimate of drug-likeness (QED) is 0.604. The van der Waals surface area contributed by atoms with E-state index in [2.05, 4.69) is 6.92 Å². The zero-order chi connectivity index (χ0) is 14.0. The standard InChI is InChI=1S/C13H16I2N2O2/c1-9-4-2-3-5-17(9)12(18)8-16-6-10(14)13(19)11(15)7-16/h6-7,9H,2-5,8H2,1H3/t9-/m1/s1. The van der Waals surface area contributed by atoms with Crippen molar-refractivity contribution >= 4 is 51.1 Å². The second kappa shape index (κ2) is 6.55. The lowest BCUT2D eigenvalue weighted by Gasteiger charge is -2.33. The van der Waals surface area contributed by atoms with Crippen molar-refractivity contribution < 1.29 is 4.79 Å². The fourth-order valence-corrected chi connectivity index (χ4v) is 4.18. The summed E-state index contributed by atoms with van der Waals surface area (Å²) in [7, 11) is 0. The molecule has 0 unspecified atom stereocenters. The smallest absolute Gasteiger partial charge is 0.242 e. The van der Waals surface area contributed by atoms with Crippen molar-refractivity contribution in [1.82, 2.24) is 9.47 Å². The molecule has 19 heavy (non-hydrogen) atoms. The topological polar surface area (TPSA) is 42.3 Å². The Morgan fingerprint density at radius 2 is 1.95 bits per heavy atom. The Bertz CT molecular complexity index is 516. The van der Waals surface area contributed by atoms with Gasteiger partial charge in [-0.1, -0.05) is 0 Å². The molecule has 104 valence electrons. The highest BCUT2D eigenvalue weighted by Gasteiger charge is 2.23. The molecule has 1 aromatic heterocycles. The van der Waals surface area contributed by atoms with Crippen LogP contribution in [0.3, 0.4) is 0 Å². The average molecular weight is 486 g/mol. The summed E-state index contributed by atoms with van der Waals surface area (Å²) < 4.78 is 3.13. The lowest BCUT2D eigenvalue weighted by Crippen LogP contribution is -2.43. The van der Waals surface area contributed by atoms with E-state index in [1.807, 2.05) is 54.6 Å². The van der Waals surface area contributed by atoms with Gasteiger partial charge in [-0.15, -0.1) is 0 Å². The summed E-state index contributed by atoms with van der Waals surface area (Å²) in [4.78, 5) is 25.9. The summed E-state index contributed by atoms with van der Waals surface area (Å²) in [6.07, 6.45) is 6.88. The van der Waals surface area contributed by atoms with Gasteiger partial charge in [0, 0.05) is 25.0 Å². The van der Waals surface area contributed by atoms with Crippen LogP contribution in [0.25, 0.3) is 0 Å². The van der Waals surface area contributed by atoms with Crippen molar-refractivity contribution in [3.63, 3.8) is 0 Å². The summed E-state index contributed by atoms with van der Waals surface area (Å²) in [5.74, 6) is 0.141. The van der Waals surface area contributed by atoms with Crippen LogP contribution in [0.15, 0.2) is 17.2 Å². The van der Waals surface area contributed by atoms with E-state index in [4.69, 9.17) is 0 Å². The first-order chi connectivity index (χ1) is 8.99. The molecule has 1 fully saturated rings. The summed E-state index contributed by atoms with van der Waals surface area (Å²) in [6.45, 7) is 3.28. The van der Waals surface area contributed by atoms with Gasteiger partial charge in [0.25, 0.3) is 0 Å². The highest BCUT2D eigenvalue weighted by molar-refractivity contribution is 14.1. The van der Waals surface area contributed by atoms with Crippen LogP contribution in [0.1, 0.15) is 26.2 Å². The number of nitrogens with zero attached hydrogens (tertiary/aromatic N) is 2. The monoisotopic (exact) mass is 486 g/mol. The molecule has 6 heteroatoms. The molecule has 0 spiro atoms. The van der Waals surface area contributed by atoms with E-state index >= 15 is 0 Å². The Morgan fingerprint density at radius 1 is 1.32 bits per heavy atom. The lowest BCUT2D eigenvalue weighted by molar-refractivity contribution is -0.135. The first kappa shape index (κ1) is 15.3. The van der Waals surface area contributed by atoms with Crippen molar-refractivity contribution in [3.8, 4) is 0 Å². The Hall–Kier alpha value is -0.120. The highest BCUT2D eigenvalue weighted by atomic mass is 127. The van der Waals surface area contributed by atoms with Crippen LogP contribution in [-0.4, -0.2) is 28.0 Å². The van der Waals surface area contributed by atoms with Crippen LogP contribution in [0.2, 0.25) is 0 Å². The van der Waals surface area contributed by atoms with Crippen LogP contribution in [0.4, 0.5) is 0 Å². The predicted molar refractivity (Wildman–Crippen MR) is 91.2 cm³/mol. The molecule has 0 aromatic carbocycles. The minimum atomic E-state index is 0.0382. The third-order valence-corrected chi connectivity index (χ3v) is 4.97. The number of carbonyl (C=O) groups excluding carboxylic acids is 1. The normalized spacial score (nSPS) is 19.5. The number of amides is 1. The largest absolute Gasteiger partial charge is 0.343 e. The van der Waals surface area contributed by atoms with Crippen LogP contribution < -0.4 is 5.43 Å². The van der Waals surface area contributed by atoms with Crippen molar-refractivity contribution in [2.75, 3.05) is 6.54 Å². The van der Waals surface area contributed by atoms with E-state index in [1.165, 1.54) is 6.42 Å². The number of hydrogen-bond donors (Lipinski definition) is 0. The van der Waals surface area contributed by atoms with E-state index < -0.39 is 0 Å². The SMILES string of the molecule is C[C@@H]1CCCCN1C(=O)Cn1cc(I)c(=O)c(I)c1. The van der Waals surface area contributed by atoms with Crippen molar-refractivity contribution in [2.24, 2.45) is 0 Å². The number of carbonyl (C=O) groups is 1. The maximum absolute atomic E-state index is 12.3. The maximum Gasteiger partial charge on any atom is 0.242 e. The zero-order valence-electron chi connectivity index (χ0n) is 10.7. The minimum absolute atomic E-state index is 0.0382. The van der Waals surface area contributed by atoms with Gasteiger partial charge in [-0.05, 0) is 71.4 Å². The van der Waals surface area contributed by atoms with Gasteiger partial charge >= 0.3 is 0 Å². The Labute approximate surface area is 139 Å². The average Bonchev–Trinajstić information content (AvgIpc) is 2.36. The Morgan fingerprint density at radius 3 is 2.53 bits per heavy atom. The van der Waals surface area contributed by atoms with Gasteiger partial charge in [-0.3, -0.25) is 9.59 Å². The molecule has 1 saturated heterocycles. The number of hydrogen-bond acceptors (Lipinski definition) is 2. The molecule has 2 heterocycles. The van der Waals surface area contributed by atoms with Crippen LogP contribution >= 0.6 is 45.2 Å². The van der Waals surface area contributed by atoms with Crippen LogP contribution in [0, 0.1) is 7.14 Å². The fourth-order valence-electron chi connectivity index (χ4n) is 2.37. The van der Waals surface area contributed by atoms with Crippen molar-refractivity contribution in [2.45, 2.75) is 38.8 Å².